The molecule has 2 heteroatoms. The zero-order valence-corrected chi connectivity index (χ0v) is 12.0. The average Bonchev–Trinajstić information content (AvgIpc) is 3.23. The molecule has 1 aliphatic carbocycles. The fourth-order valence-corrected chi connectivity index (χ4v) is 2.90. The number of carbonyl (C=O) groups is 1. The van der Waals surface area contributed by atoms with E-state index < -0.39 is 5.97 Å². The number of hydrogen-bond acceptors (Lipinski definition) is 1. The van der Waals surface area contributed by atoms with E-state index in [1.165, 1.54) is 22.8 Å². The van der Waals surface area contributed by atoms with Gasteiger partial charge in [0.1, 0.15) is 0 Å². The van der Waals surface area contributed by atoms with Crippen LogP contribution in [0.3, 0.4) is 0 Å². The molecule has 1 N–H and O–H groups in total. The average molecular weight is 280 g/mol. The molecule has 0 amide bonds. The molecule has 21 heavy (non-hydrogen) atoms. The SMILES string of the molecule is O=C(O)CCC[C@@H]1C[C@@H]1/C=C/c1ccc2ccccc2c1. The molecule has 0 bridgehead atoms. The van der Waals surface area contributed by atoms with Crippen molar-refractivity contribution in [3.8, 4) is 0 Å². The molecule has 0 unspecified atom stereocenters. The van der Waals surface area contributed by atoms with E-state index in [1.54, 1.807) is 0 Å². The topological polar surface area (TPSA) is 37.3 Å². The molecule has 3 rings (SSSR count). The predicted octanol–water partition coefficient (Wildman–Crippen LogP) is 4.74. The summed E-state index contributed by atoms with van der Waals surface area (Å²) in [6.07, 6.45) is 7.85. The summed E-state index contributed by atoms with van der Waals surface area (Å²) < 4.78 is 0. The fourth-order valence-electron chi connectivity index (χ4n) is 2.90. The van der Waals surface area contributed by atoms with Gasteiger partial charge in [-0.25, -0.2) is 0 Å². The molecule has 1 saturated carbocycles. The Kier molecular flexibility index (Phi) is 4.05. The number of hydrogen-bond donors (Lipinski definition) is 1. The van der Waals surface area contributed by atoms with Gasteiger partial charge < -0.3 is 5.11 Å². The number of fused-ring (bicyclic) bond motifs is 1. The van der Waals surface area contributed by atoms with Gasteiger partial charge in [0.15, 0.2) is 0 Å². The third-order valence-electron chi connectivity index (χ3n) is 4.25. The van der Waals surface area contributed by atoms with E-state index in [-0.39, 0.29) is 0 Å². The van der Waals surface area contributed by atoms with E-state index in [2.05, 4.69) is 54.6 Å². The predicted molar refractivity (Wildman–Crippen MR) is 86.1 cm³/mol. The summed E-state index contributed by atoms with van der Waals surface area (Å²) in [5, 5.41) is 11.2. The fraction of sp³-hybridized carbons (Fsp3) is 0.316. The van der Waals surface area contributed by atoms with Crippen molar-refractivity contribution in [2.75, 3.05) is 0 Å². The third kappa shape index (κ3) is 3.72. The largest absolute Gasteiger partial charge is 0.481 e. The van der Waals surface area contributed by atoms with Crippen LogP contribution in [0.5, 0.6) is 0 Å². The second-order valence-corrected chi connectivity index (χ2v) is 5.91. The first-order chi connectivity index (χ1) is 10.2. The van der Waals surface area contributed by atoms with Crippen molar-refractivity contribution in [2.45, 2.75) is 25.7 Å². The minimum Gasteiger partial charge on any atom is -0.481 e. The molecule has 2 aromatic carbocycles. The van der Waals surface area contributed by atoms with Gasteiger partial charge >= 0.3 is 5.97 Å². The van der Waals surface area contributed by atoms with Gasteiger partial charge in [0.25, 0.3) is 0 Å². The van der Waals surface area contributed by atoms with E-state index in [0.29, 0.717) is 18.3 Å². The highest BCUT2D eigenvalue weighted by Crippen LogP contribution is 2.43. The molecule has 0 radical (unpaired) electrons. The van der Waals surface area contributed by atoms with Crippen molar-refractivity contribution in [1.29, 1.82) is 0 Å². The quantitative estimate of drug-likeness (QED) is 0.829. The first kappa shape index (κ1) is 13.9. The maximum Gasteiger partial charge on any atom is 0.303 e. The second kappa shape index (κ2) is 6.13. The molecule has 0 aliphatic heterocycles. The number of aliphatic carboxylic acids is 1. The number of carboxylic acid groups (broad SMARTS) is 1. The second-order valence-electron chi connectivity index (χ2n) is 5.91. The summed E-state index contributed by atoms with van der Waals surface area (Å²) in [6.45, 7) is 0. The first-order valence-electron chi connectivity index (χ1n) is 7.61. The minimum atomic E-state index is -0.682. The molecular formula is C19H20O2. The molecule has 1 aliphatic rings. The van der Waals surface area contributed by atoms with Crippen LogP contribution in [0, 0.1) is 11.8 Å². The lowest BCUT2D eigenvalue weighted by atomic mass is 10.1. The van der Waals surface area contributed by atoms with E-state index in [9.17, 15) is 4.79 Å². The molecule has 0 aromatic heterocycles. The van der Waals surface area contributed by atoms with Gasteiger partial charge in [0.05, 0.1) is 0 Å². The molecule has 0 saturated heterocycles. The Bertz CT molecular complexity index is 672. The van der Waals surface area contributed by atoms with Crippen LogP contribution in [0.1, 0.15) is 31.2 Å². The number of carboxylic acids is 1. The maximum atomic E-state index is 10.5. The van der Waals surface area contributed by atoms with Crippen molar-refractivity contribution in [3.05, 3.63) is 54.1 Å². The minimum absolute atomic E-state index is 0.303. The molecule has 2 atom stereocenters. The number of rotatable bonds is 6. The number of allylic oxidation sites excluding steroid dienone is 1. The van der Waals surface area contributed by atoms with E-state index in [1.807, 2.05) is 0 Å². The lowest BCUT2D eigenvalue weighted by Gasteiger charge is -1.99. The molecule has 0 spiro atoms. The van der Waals surface area contributed by atoms with E-state index >= 15 is 0 Å². The van der Waals surface area contributed by atoms with Crippen molar-refractivity contribution in [2.24, 2.45) is 11.8 Å². The summed E-state index contributed by atoms with van der Waals surface area (Å²) >= 11 is 0. The van der Waals surface area contributed by atoms with Crippen LogP contribution in [0.15, 0.2) is 48.5 Å². The van der Waals surface area contributed by atoms with Gasteiger partial charge in [0, 0.05) is 6.42 Å². The molecule has 2 aromatic rings. The molecule has 0 heterocycles. The molecular weight excluding hydrogens is 260 g/mol. The van der Waals surface area contributed by atoms with Crippen molar-refractivity contribution < 1.29 is 9.90 Å². The van der Waals surface area contributed by atoms with Crippen LogP contribution in [0.25, 0.3) is 16.8 Å². The zero-order valence-electron chi connectivity index (χ0n) is 12.0. The number of benzene rings is 2. The maximum absolute atomic E-state index is 10.5. The summed E-state index contributed by atoms with van der Waals surface area (Å²) in [7, 11) is 0. The summed E-state index contributed by atoms with van der Waals surface area (Å²) in [4.78, 5) is 10.5. The first-order valence-corrected chi connectivity index (χ1v) is 7.61. The van der Waals surface area contributed by atoms with Crippen molar-refractivity contribution >= 4 is 22.8 Å². The lowest BCUT2D eigenvalue weighted by Crippen LogP contribution is -1.94. The van der Waals surface area contributed by atoms with E-state index in [4.69, 9.17) is 5.11 Å². The Balaban J connectivity index is 1.55. The summed E-state index contributed by atoms with van der Waals surface area (Å²) in [5.41, 5.74) is 1.24. The van der Waals surface area contributed by atoms with Gasteiger partial charge in [-0.2, -0.15) is 0 Å². The highest BCUT2D eigenvalue weighted by Gasteiger charge is 2.33. The smallest absolute Gasteiger partial charge is 0.303 e. The lowest BCUT2D eigenvalue weighted by molar-refractivity contribution is -0.137. The molecule has 1 fully saturated rings. The van der Waals surface area contributed by atoms with E-state index in [0.717, 1.165) is 12.8 Å². The highest BCUT2D eigenvalue weighted by molar-refractivity contribution is 5.84. The van der Waals surface area contributed by atoms with Gasteiger partial charge in [-0.05, 0) is 53.5 Å². The highest BCUT2D eigenvalue weighted by atomic mass is 16.4. The standard InChI is InChI=1S/C19H20O2/c20-19(21)7-3-6-17-13-18(17)11-9-14-8-10-15-4-1-2-5-16(15)12-14/h1-2,4-5,8-12,17-18H,3,6-7,13H2,(H,20,21)/b11-9+/t17-,18+/m1/s1. The Labute approximate surface area is 125 Å². The molecule has 108 valence electrons. The Morgan fingerprint density at radius 3 is 2.81 bits per heavy atom. The van der Waals surface area contributed by atoms with Gasteiger partial charge in [-0.1, -0.05) is 48.6 Å². The van der Waals surface area contributed by atoms with Crippen LogP contribution in [-0.4, -0.2) is 11.1 Å². The monoisotopic (exact) mass is 280 g/mol. The Hall–Kier alpha value is -2.09. The Morgan fingerprint density at radius 2 is 2.00 bits per heavy atom. The van der Waals surface area contributed by atoms with Crippen LogP contribution < -0.4 is 0 Å². The summed E-state index contributed by atoms with van der Waals surface area (Å²) in [6, 6.07) is 14.9. The van der Waals surface area contributed by atoms with Crippen LogP contribution >= 0.6 is 0 Å². The normalized spacial score (nSPS) is 21.0. The van der Waals surface area contributed by atoms with Crippen LogP contribution in [-0.2, 0) is 4.79 Å². The van der Waals surface area contributed by atoms with Gasteiger partial charge in [-0.15, -0.1) is 0 Å². The Morgan fingerprint density at radius 1 is 1.19 bits per heavy atom. The van der Waals surface area contributed by atoms with Crippen molar-refractivity contribution in [3.63, 3.8) is 0 Å². The molecule has 2 nitrogen and oxygen atoms in total. The summed E-state index contributed by atoms with van der Waals surface area (Å²) in [5.74, 6) is 0.658. The van der Waals surface area contributed by atoms with Crippen LogP contribution in [0.2, 0.25) is 0 Å². The van der Waals surface area contributed by atoms with Gasteiger partial charge in [-0.3, -0.25) is 4.79 Å². The van der Waals surface area contributed by atoms with Crippen LogP contribution in [0.4, 0.5) is 0 Å². The van der Waals surface area contributed by atoms with Crippen molar-refractivity contribution in [1.82, 2.24) is 0 Å². The third-order valence-corrected chi connectivity index (χ3v) is 4.25. The van der Waals surface area contributed by atoms with Gasteiger partial charge in [0.2, 0.25) is 0 Å². The zero-order chi connectivity index (χ0) is 14.7.